The van der Waals surface area contributed by atoms with Crippen molar-refractivity contribution in [2.75, 3.05) is 26.1 Å². The maximum atomic E-state index is 13.4. The molecule has 0 amide bonds. The Labute approximate surface area is 169 Å². The Morgan fingerprint density at radius 2 is 1.82 bits per heavy atom. The summed E-state index contributed by atoms with van der Waals surface area (Å²) >= 11 is 1.69. The second-order valence-electron chi connectivity index (χ2n) is 6.52. The molecule has 0 spiro atoms. The number of aliphatic hydroxyl groups excluding tert-OH is 1. The van der Waals surface area contributed by atoms with E-state index < -0.39 is 0 Å². The highest BCUT2D eigenvalue weighted by Gasteiger charge is 2.19. The van der Waals surface area contributed by atoms with Crippen molar-refractivity contribution >= 4 is 11.8 Å². The summed E-state index contributed by atoms with van der Waals surface area (Å²) in [7, 11) is 0. The molecule has 0 saturated carbocycles. The van der Waals surface area contributed by atoms with E-state index in [4.69, 9.17) is 15.6 Å². The van der Waals surface area contributed by atoms with E-state index in [1.165, 1.54) is 17.0 Å². The van der Waals surface area contributed by atoms with Gasteiger partial charge < -0.3 is 20.1 Å². The van der Waals surface area contributed by atoms with E-state index in [1.807, 2.05) is 13.2 Å². The lowest BCUT2D eigenvalue weighted by atomic mass is 10.1. The molecule has 1 unspecified atom stereocenters. The van der Waals surface area contributed by atoms with Gasteiger partial charge in [0.2, 0.25) is 0 Å². The van der Waals surface area contributed by atoms with Gasteiger partial charge in [-0.1, -0.05) is 12.1 Å². The zero-order chi connectivity index (χ0) is 20.1. The summed E-state index contributed by atoms with van der Waals surface area (Å²) < 4.78 is 21.0. The van der Waals surface area contributed by atoms with Gasteiger partial charge in [0.05, 0.1) is 31.6 Å². The summed E-state index contributed by atoms with van der Waals surface area (Å²) in [5.74, 6) is -0.270. The van der Waals surface area contributed by atoms with Crippen LogP contribution in [0.1, 0.15) is 17.3 Å². The zero-order valence-electron chi connectivity index (χ0n) is 16.1. The number of benzene rings is 2. The monoisotopic (exact) mass is 400 g/mol. The Bertz CT molecular complexity index is 908. The Balaban J connectivity index is 2.07. The van der Waals surface area contributed by atoms with Gasteiger partial charge in [0, 0.05) is 16.3 Å². The van der Waals surface area contributed by atoms with Gasteiger partial charge in [-0.05, 0) is 66.8 Å². The molecule has 3 rings (SSSR count). The van der Waals surface area contributed by atoms with Crippen molar-refractivity contribution in [3.63, 3.8) is 0 Å². The number of hydrogen-bond donors (Lipinski definition) is 2. The maximum absolute atomic E-state index is 13.4. The van der Waals surface area contributed by atoms with Gasteiger partial charge >= 0.3 is 0 Å². The molecule has 0 fully saturated rings. The van der Waals surface area contributed by atoms with Crippen molar-refractivity contribution in [3.8, 4) is 16.9 Å². The van der Waals surface area contributed by atoms with E-state index in [1.54, 1.807) is 23.9 Å². The minimum absolute atomic E-state index is 0.0324. The molecule has 3 aromatic rings. The number of aliphatic hydroxyl groups is 1. The molecule has 0 bridgehead atoms. The highest BCUT2D eigenvalue weighted by atomic mass is 32.2. The van der Waals surface area contributed by atoms with Gasteiger partial charge in [-0.25, -0.2) is 4.39 Å². The van der Waals surface area contributed by atoms with E-state index in [9.17, 15) is 4.39 Å². The summed E-state index contributed by atoms with van der Waals surface area (Å²) in [6, 6.07) is 16.5. The average Bonchev–Trinajstić information content (AvgIpc) is 3.06. The first kappa shape index (κ1) is 20.6. The predicted octanol–water partition coefficient (Wildman–Crippen LogP) is 4.32. The first-order chi connectivity index (χ1) is 13.5. The van der Waals surface area contributed by atoms with E-state index >= 15 is 0 Å². The van der Waals surface area contributed by atoms with Gasteiger partial charge in [-0.3, -0.25) is 0 Å². The number of aromatic nitrogens is 1. The Kier molecular flexibility index (Phi) is 6.91. The molecule has 148 valence electrons. The number of thioether (sulfide) groups is 1. The minimum atomic E-state index is -0.322. The van der Waals surface area contributed by atoms with Crippen molar-refractivity contribution in [1.29, 1.82) is 0 Å². The van der Waals surface area contributed by atoms with Crippen LogP contribution in [0, 0.1) is 12.7 Å². The second-order valence-corrected chi connectivity index (χ2v) is 7.40. The molecule has 0 radical (unpaired) electrons. The standard InChI is InChI=1S/C22H25FN2O2S/c1-15-20(21(24)14-27-12-11-26)13-22(16-3-9-19(28-2)10-4-16)25(15)18-7-5-17(23)6-8-18/h3-10,13,21,26H,11-12,14,24H2,1-2H3. The van der Waals surface area contributed by atoms with Crippen LogP contribution in [0.2, 0.25) is 0 Å². The summed E-state index contributed by atoms with van der Waals surface area (Å²) in [5.41, 5.74) is 11.2. The van der Waals surface area contributed by atoms with Crippen molar-refractivity contribution in [1.82, 2.24) is 4.57 Å². The van der Waals surface area contributed by atoms with Crippen LogP contribution in [0.5, 0.6) is 0 Å². The fourth-order valence-corrected chi connectivity index (χ4v) is 3.67. The van der Waals surface area contributed by atoms with Crippen LogP contribution in [0.4, 0.5) is 4.39 Å². The van der Waals surface area contributed by atoms with Crippen LogP contribution in [-0.2, 0) is 4.74 Å². The predicted molar refractivity (Wildman–Crippen MR) is 113 cm³/mol. The molecular weight excluding hydrogens is 375 g/mol. The fourth-order valence-electron chi connectivity index (χ4n) is 3.26. The maximum Gasteiger partial charge on any atom is 0.123 e. The van der Waals surface area contributed by atoms with Crippen LogP contribution in [-0.4, -0.2) is 35.8 Å². The van der Waals surface area contributed by atoms with Crippen LogP contribution >= 0.6 is 11.8 Å². The van der Waals surface area contributed by atoms with Gasteiger partial charge in [0.1, 0.15) is 5.82 Å². The van der Waals surface area contributed by atoms with Gasteiger partial charge in [-0.2, -0.15) is 0 Å². The molecule has 28 heavy (non-hydrogen) atoms. The van der Waals surface area contributed by atoms with E-state index in [-0.39, 0.29) is 25.1 Å². The largest absolute Gasteiger partial charge is 0.394 e. The molecule has 6 heteroatoms. The van der Waals surface area contributed by atoms with Crippen molar-refractivity contribution in [3.05, 3.63) is 71.7 Å². The number of nitrogens with two attached hydrogens (primary N) is 1. The number of rotatable bonds is 8. The summed E-state index contributed by atoms with van der Waals surface area (Å²) in [5, 5.41) is 8.91. The number of nitrogens with zero attached hydrogens (tertiary/aromatic N) is 1. The zero-order valence-corrected chi connectivity index (χ0v) is 16.9. The van der Waals surface area contributed by atoms with E-state index in [0.29, 0.717) is 6.61 Å². The minimum Gasteiger partial charge on any atom is -0.394 e. The number of ether oxygens (including phenoxy) is 1. The first-order valence-electron chi connectivity index (χ1n) is 9.12. The summed E-state index contributed by atoms with van der Waals surface area (Å²) in [6.07, 6.45) is 2.05. The van der Waals surface area contributed by atoms with Crippen LogP contribution in [0.3, 0.4) is 0 Å². The Morgan fingerprint density at radius 1 is 1.14 bits per heavy atom. The lowest BCUT2D eigenvalue weighted by Crippen LogP contribution is -2.19. The molecule has 1 atom stereocenters. The quantitative estimate of drug-likeness (QED) is 0.437. The van der Waals surface area contributed by atoms with Crippen LogP contribution < -0.4 is 5.73 Å². The third-order valence-corrected chi connectivity index (χ3v) is 5.43. The lowest BCUT2D eigenvalue weighted by molar-refractivity contribution is 0.0831. The van der Waals surface area contributed by atoms with Gasteiger partial charge in [0.25, 0.3) is 0 Å². The second kappa shape index (κ2) is 9.39. The van der Waals surface area contributed by atoms with Crippen molar-refractivity contribution < 1.29 is 14.2 Å². The molecule has 1 aromatic heterocycles. The molecule has 0 aliphatic rings. The van der Waals surface area contributed by atoms with Crippen molar-refractivity contribution in [2.24, 2.45) is 5.73 Å². The SMILES string of the molecule is CSc1ccc(-c2cc(C(N)COCCO)c(C)n2-c2ccc(F)cc2)cc1. The Morgan fingerprint density at radius 3 is 2.43 bits per heavy atom. The van der Waals surface area contributed by atoms with Gasteiger partial charge in [-0.15, -0.1) is 11.8 Å². The van der Waals surface area contributed by atoms with E-state index in [2.05, 4.69) is 34.9 Å². The molecule has 4 nitrogen and oxygen atoms in total. The molecule has 0 saturated heterocycles. The lowest BCUT2D eigenvalue weighted by Gasteiger charge is -2.14. The summed E-state index contributed by atoms with van der Waals surface area (Å²) in [6.45, 7) is 2.55. The molecular formula is C22H25FN2O2S. The first-order valence-corrected chi connectivity index (χ1v) is 10.3. The topological polar surface area (TPSA) is 60.4 Å². The molecule has 0 aliphatic heterocycles. The highest BCUT2D eigenvalue weighted by Crippen LogP contribution is 2.33. The molecule has 3 N–H and O–H groups in total. The number of halogens is 1. The fraction of sp³-hybridized carbons (Fsp3) is 0.273. The van der Waals surface area contributed by atoms with Crippen LogP contribution in [0.25, 0.3) is 16.9 Å². The normalized spacial score (nSPS) is 12.3. The van der Waals surface area contributed by atoms with Crippen LogP contribution in [0.15, 0.2) is 59.5 Å². The number of hydrogen-bond acceptors (Lipinski definition) is 4. The average molecular weight is 401 g/mol. The molecule has 1 heterocycles. The molecule has 0 aliphatic carbocycles. The molecule has 2 aromatic carbocycles. The summed E-state index contributed by atoms with van der Waals surface area (Å²) in [4.78, 5) is 1.19. The third-order valence-electron chi connectivity index (χ3n) is 4.69. The third kappa shape index (κ3) is 4.47. The van der Waals surface area contributed by atoms with Crippen molar-refractivity contribution in [2.45, 2.75) is 17.9 Å². The van der Waals surface area contributed by atoms with E-state index in [0.717, 1.165) is 28.2 Å². The Hall–Kier alpha value is -2.12. The van der Waals surface area contributed by atoms with Gasteiger partial charge in [0.15, 0.2) is 0 Å². The smallest absolute Gasteiger partial charge is 0.123 e. The highest BCUT2D eigenvalue weighted by molar-refractivity contribution is 7.98.